The number of ether oxygens (including phenoxy) is 1. The zero-order chi connectivity index (χ0) is 20.7. The van der Waals surface area contributed by atoms with Crippen molar-refractivity contribution in [1.29, 1.82) is 0 Å². The SMILES string of the molecule is CCOC(=O)CN(CC(=O)NN1C(=O)NC(C)(CC)C1=O)Cc1ccccc1. The highest BCUT2D eigenvalue weighted by molar-refractivity contribution is 6.07. The van der Waals surface area contributed by atoms with Crippen LogP contribution in [0.2, 0.25) is 0 Å². The van der Waals surface area contributed by atoms with Crippen molar-refractivity contribution in [2.45, 2.75) is 39.3 Å². The molecular weight excluding hydrogens is 364 g/mol. The van der Waals surface area contributed by atoms with Crippen LogP contribution in [-0.4, -0.2) is 59.0 Å². The van der Waals surface area contributed by atoms with E-state index in [0.717, 1.165) is 5.56 Å². The molecule has 2 N–H and O–H groups in total. The van der Waals surface area contributed by atoms with Crippen molar-refractivity contribution >= 4 is 23.8 Å². The summed E-state index contributed by atoms with van der Waals surface area (Å²) in [6, 6.07) is 8.66. The molecule has 1 aliphatic rings. The Morgan fingerprint density at radius 2 is 1.86 bits per heavy atom. The van der Waals surface area contributed by atoms with Crippen molar-refractivity contribution in [3.05, 3.63) is 35.9 Å². The highest BCUT2D eigenvalue weighted by Gasteiger charge is 2.47. The normalized spacial score (nSPS) is 18.9. The lowest BCUT2D eigenvalue weighted by Crippen LogP contribution is -2.51. The van der Waals surface area contributed by atoms with Crippen LogP contribution >= 0.6 is 0 Å². The van der Waals surface area contributed by atoms with Crippen molar-refractivity contribution in [2.75, 3.05) is 19.7 Å². The summed E-state index contributed by atoms with van der Waals surface area (Å²) in [7, 11) is 0. The number of amides is 4. The molecular formula is C19H26N4O5. The fraction of sp³-hybridized carbons (Fsp3) is 0.474. The van der Waals surface area contributed by atoms with Crippen LogP contribution in [0.15, 0.2) is 30.3 Å². The van der Waals surface area contributed by atoms with Gasteiger partial charge in [0.15, 0.2) is 0 Å². The van der Waals surface area contributed by atoms with Crippen molar-refractivity contribution < 1.29 is 23.9 Å². The predicted octanol–water partition coefficient (Wildman–Crippen LogP) is 0.803. The monoisotopic (exact) mass is 390 g/mol. The van der Waals surface area contributed by atoms with E-state index in [2.05, 4.69) is 10.7 Å². The number of imide groups is 1. The molecule has 4 amide bonds. The summed E-state index contributed by atoms with van der Waals surface area (Å²) in [5, 5.41) is 3.25. The van der Waals surface area contributed by atoms with Gasteiger partial charge in [0.05, 0.1) is 19.7 Å². The molecule has 2 rings (SSSR count). The third-order valence-electron chi connectivity index (χ3n) is 4.48. The van der Waals surface area contributed by atoms with Crippen LogP contribution in [0.25, 0.3) is 0 Å². The highest BCUT2D eigenvalue weighted by atomic mass is 16.5. The number of hydrogen-bond donors (Lipinski definition) is 2. The summed E-state index contributed by atoms with van der Waals surface area (Å²) in [5.74, 6) is -1.56. The number of nitrogens with zero attached hydrogens (tertiary/aromatic N) is 2. The molecule has 1 saturated heterocycles. The number of nitrogens with one attached hydrogen (secondary N) is 2. The Kier molecular flexibility index (Phi) is 7.11. The molecule has 0 radical (unpaired) electrons. The van der Waals surface area contributed by atoms with Crippen molar-refractivity contribution in [1.82, 2.24) is 20.7 Å². The maximum atomic E-state index is 12.5. The van der Waals surface area contributed by atoms with E-state index in [-0.39, 0.29) is 19.7 Å². The zero-order valence-corrected chi connectivity index (χ0v) is 16.4. The van der Waals surface area contributed by atoms with Gasteiger partial charge in [-0.25, -0.2) is 4.79 Å². The van der Waals surface area contributed by atoms with Gasteiger partial charge in [-0.3, -0.25) is 24.7 Å². The minimum atomic E-state index is -1.04. The first kappa shape index (κ1) is 21.4. The molecule has 0 aliphatic carbocycles. The van der Waals surface area contributed by atoms with Crippen LogP contribution in [-0.2, 0) is 25.7 Å². The van der Waals surface area contributed by atoms with Gasteiger partial charge in [-0.2, -0.15) is 5.01 Å². The molecule has 9 heteroatoms. The fourth-order valence-corrected chi connectivity index (χ4v) is 2.79. The number of hydrogen-bond acceptors (Lipinski definition) is 6. The molecule has 1 aliphatic heterocycles. The van der Waals surface area contributed by atoms with E-state index < -0.39 is 29.4 Å². The van der Waals surface area contributed by atoms with E-state index in [9.17, 15) is 19.2 Å². The molecule has 1 fully saturated rings. The maximum absolute atomic E-state index is 12.5. The van der Waals surface area contributed by atoms with Crippen LogP contribution in [0, 0.1) is 0 Å². The summed E-state index contributed by atoms with van der Waals surface area (Å²) in [5.41, 5.74) is 2.20. The molecule has 152 valence electrons. The Labute approximate surface area is 164 Å². The van der Waals surface area contributed by atoms with Gasteiger partial charge in [0.2, 0.25) is 0 Å². The standard InChI is InChI=1S/C19H26N4O5/c1-4-19(3)17(26)23(18(27)20-19)21-15(24)12-22(13-16(25)28-5-2)11-14-9-7-6-8-10-14/h6-10H,4-5,11-13H2,1-3H3,(H,20,27)(H,21,24). The van der Waals surface area contributed by atoms with Gasteiger partial charge < -0.3 is 10.1 Å². The number of hydrazine groups is 1. The number of esters is 1. The van der Waals surface area contributed by atoms with Crippen molar-refractivity contribution in [3.8, 4) is 0 Å². The summed E-state index contributed by atoms with van der Waals surface area (Å²) >= 11 is 0. The first-order chi connectivity index (χ1) is 13.3. The lowest BCUT2D eigenvalue weighted by atomic mass is 10.00. The zero-order valence-electron chi connectivity index (χ0n) is 16.4. The quantitative estimate of drug-likeness (QED) is 0.477. The molecule has 1 heterocycles. The molecule has 0 saturated carbocycles. The summed E-state index contributed by atoms with van der Waals surface area (Å²) < 4.78 is 4.96. The van der Waals surface area contributed by atoms with Crippen LogP contribution in [0.1, 0.15) is 32.8 Å². The number of carbonyl (C=O) groups excluding carboxylic acids is 4. The fourth-order valence-electron chi connectivity index (χ4n) is 2.79. The second kappa shape index (κ2) is 9.32. The molecule has 0 aromatic heterocycles. The van der Waals surface area contributed by atoms with Gasteiger partial charge in [-0.15, -0.1) is 0 Å². The third-order valence-corrected chi connectivity index (χ3v) is 4.48. The summed E-state index contributed by atoms with van der Waals surface area (Å²) in [6.07, 6.45) is 0.396. The van der Waals surface area contributed by atoms with Crippen LogP contribution in [0.4, 0.5) is 4.79 Å². The first-order valence-corrected chi connectivity index (χ1v) is 9.17. The van der Waals surface area contributed by atoms with E-state index in [1.54, 1.807) is 25.7 Å². The molecule has 28 heavy (non-hydrogen) atoms. The Morgan fingerprint density at radius 3 is 2.43 bits per heavy atom. The number of carbonyl (C=O) groups is 4. The van der Waals surface area contributed by atoms with Gasteiger partial charge in [0, 0.05) is 6.54 Å². The van der Waals surface area contributed by atoms with Crippen LogP contribution in [0.3, 0.4) is 0 Å². The summed E-state index contributed by atoms with van der Waals surface area (Å²) in [4.78, 5) is 50.3. The minimum absolute atomic E-state index is 0.0943. The highest BCUT2D eigenvalue weighted by Crippen LogP contribution is 2.19. The maximum Gasteiger partial charge on any atom is 0.344 e. The average molecular weight is 390 g/mol. The Morgan fingerprint density at radius 1 is 1.18 bits per heavy atom. The van der Waals surface area contributed by atoms with E-state index in [4.69, 9.17) is 4.74 Å². The van der Waals surface area contributed by atoms with E-state index in [0.29, 0.717) is 18.0 Å². The Hall–Kier alpha value is -2.94. The van der Waals surface area contributed by atoms with Crippen LogP contribution in [0.5, 0.6) is 0 Å². The van der Waals surface area contributed by atoms with Crippen LogP contribution < -0.4 is 10.7 Å². The minimum Gasteiger partial charge on any atom is -0.465 e. The topological polar surface area (TPSA) is 108 Å². The molecule has 1 unspecified atom stereocenters. The van der Waals surface area contributed by atoms with E-state index in [1.165, 1.54) is 0 Å². The van der Waals surface area contributed by atoms with Gasteiger partial charge in [-0.1, -0.05) is 37.3 Å². The lowest BCUT2D eigenvalue weighted by molar-refractivity contribution is -0.145. The largest absolute Gasteiger partial charge is 0.465 e. The van der Waals surface area contributed by atoms with Gasteiger partial charge in [0.25, 0.3) is 11.8 Å². The smallest absolute Gasteiger partial charge is 0.344 e. The number of rotatable bonds is 9. The van der Waals surface area contributed by atoms with E-state index >= 15 is 0 Å². The van der Waals surface area contributed by atoms with Gasteiger partial charge >= 0.3 is 12.0 Å². The molecule has 1 aromatic rings. The molecule has 0 spiro atoms. The second-order valence-corrected chi connectivity index (χ2v) is 6.73. The lowest BCUT2D eigenvalue weighted by Gasteiger charge is -2.23. The number of benzene rings is 1. The first-order valence-electron chi connectivity index (χ1n) is 9.17. The Bertz CT molecular complexity index is 739. The molecule has 1 atom stereocenters. The van der Waals surface area contributed by atoms with Gasteiger partial charge in [0.1, 0.15) is 5.54 Å². The average Bonchev–Trinajstić information content (AvgIpc) is 2.86. The third kappa shape index (κ3) is 5.29. The number of urea groups is 1. The predicted molar refractivity (Wildman–Crippen MR) is 101 cm³/mol. The molecule has 9 nitrogen and oxygen atoms in total. The molecule has 1 aromatic carbocycles. The Balaban J connectivity index is 2.03. The van der Waals surface area contributed by atoms with Gasteiger partial charge in [-0.05, 0) is 25.8 Å². The summed E-state index contributed by atoms with van der Waals surface area (Å²) in [6.45, 7) is 5.36. The second-order valence-electron chi connectivity index (χ2n) is 6.73. The van der Waals surface area contributed by atoms with Crippen molar-refractivity contribution in [2.24, 2.45) is 0 Å². The van der Waals surface area contributed by atoms with Crippen molar-refractivity contribution in [3.63, 3.8) is 0 Å². The van der Waals surface area contributed by atoms with E-state index in [1.807, 2.05) is 30.3 Å². The molecule has 0 bridgehead atoms.